The summed E-state index contributed by atoms with van der Waals surface area (Å²) in [6.45, 7) is 2.65. The number of rotatable bonds is 4. The molecular formula is C16H15BrN4. The molecule has 0 unspecified atom stereocenters. The van der Waals surface area contributed by atoms with E-state index >= 15 is 0 Å². The largest absolute Gasteiger partial charge is 0.380 e. The fourth-order valence-electron chi connectivity index (χ4n) is 2.09. The molecule has 0 amide bonds. The Hall–Kier alpha value is -2.14. The Balaban J connectivity index is 1.81. The zero-order valence-electron chi connectivity index (χ0n) is 11.6. The highest BCUT2D eigenvalue weighted by molar-refractivity contribution is 9.10. The van der Waals surface area contributed by atoms with E-state index in [1.807, 2.05) is 43.3 Å². The van der Waals surface area contributed by atoms with Crippen LogP contribution in [-0.4, -0.2) is 15.2 Å². The van der Waals surface area contributed by atoms with Gasteiger partial charge in [-0.05, 0) is 36.8 Å². The summed E-state index contributed by atoms with van der Waals surface area (Å²) in [6, 6.07) is 16.3. The van der Waals surface area contributed by atoms with E-state index in [4.69, 9.17) is 0 Å². The normalized spacial score (nSPS) is 10.6. The average Bonchev–Trinajstić information content (AvgIpc) is 2.93. The first-order chi connectivity index (χ1) is 10.2. The Morgan fingerprint density at radius 2 is 1.86 bits per heavy atom. The van der Waals surface area contributed by atoms with Gasteiger partial charge in [-0.25, -0.2) is 4.98 Å². The topological polar surface area (TPSA) is 53.6 Å². The predicted molar refractivity (Wildman–Crippen MR) is 88.0 cm³/mol. The molecule has 0 saturated heterocycles. The number of aromatic amines is 1. The first-order valence-electron chi connectivity index (χ1n) is 6.69. The number of anilines is 1. The van der Waals surface area contributed by atoms with Crippen LogP contribution in [0.2, 0.25) is 0 Å². The number of para-hydroxylation sites is 1. The minimum Gasteiger partial charge on any atom is -0.380 e. The smallest absolute Gasteiger partial charge is 0.183 e. The average molecular weight is 343 g/mol. The summed E-state index contributed by atoms with van der Waals surface area (Å²) in [4.78, 5) is 4.40. The van der Waals surface area contributed by atoms with Crippen LogP contribution in [0.1, 0.15) is 11.4 Å². The van der Waals surface area contributed by atoms with Crippen molar-refractivity contribution in [1.29, 1.82) is 0 Å². The van der Waals surface area contributed by atoms with E-state index in [-0.39, 0.29) is 0 Å². The van der Waals surface area contributed by atoms with Crippen LogP contribution >= 0.6 is 15.9 Å². The molecule has 0 aliphatic carbocycles. The predicted octanol–water partition coefficient (Wildman–Crippen LogP) is 4.15. The SMILES string of the molecule is Cc1nc(-c2ccccc2NCc2ccc(Br)cc2)n[nH]1. The summed E-state index contributed by atoms with van der Waals surface area (Å²) in [5.74, 6) is 1.53. The van der Waals surface area contributed by atoms with Gasteiger partial charge < -0.3 is 5.32 Å². The van der Waals surface area contributed by atoms with Crippen molar-refractivity contribution in [2.75, 3.05) is 5.32 Å². The monoisotopic (exact) mass is 342 g/mol. The van der Waals surface area contributed by atoms with Crippen LogP contribution in [0.4, 0.5) is 5.69 Å². The minimum absolute atomic E-state index is 0.714. The van der Waals surface area contributed by atoms with Crippen LogP contribution in [0, 0.1) is 6.92 Å². The van der Waals surface area contributed by atoms with Gasteiger partial charge in [0.05, 0.1) is 0 Å². The van der Waals surface area contributed by atoms with Crippen LogP contribution < -0.4 is 5.32 Å². The maximum absolute atomic E-state index is 4.40. The summed E-state index contributed by atoms with van der Waals surface area (Å²) < 4.78 is 1.09. The van der Waals surface area contributed by atoms with Crippen molar-refractivity contribution < 1.29 is 0 Å². The standard InChI is InChI=1S/C16H15BrN4/c1-11-19-16(21-20-11)14-4-2-3-5-15(14)18-10-12-6-8-13(17)9-7-12/h2-9,18H,10H2,1H3,(H,19,20,21). The Kier molecular flexibility index (Phi) is 4.01. The number of aryl methyl sites for hydroxylation is 1. The fourth-order valence-corrected chi connectivity index (χ4v) is 2.36. The van der Waals surface area contributed by atoms with E-state index in [0.29, 0.717) is 5.82 Å². The molecule has 2 aromatic carbocycles. The van der Waals surface area contributed by atoms with Gasteiger partial charge in [0, 0.05) is 22.3 Å². The van der Waals surface area contributed by atoms with Gasteiger partial charge in [-0.2, -0.15) is 5.10 Å². The molecule has 3 rings (SSSR count). The highest BCUT2D eigenvalue weighted by Crippen LogP contribution is 2.25. The minimum atomic E-state index is 0.714. The van der Waals surface area contributed by atoms with Gasteiger partial charge in [0.15, 0.2) is 5.82 Å². The molecule has 0 fully saturated rings. The van der Waals surface area contributed by atoms with Crippen molar-refractivity contribution in [3.63, 3.8) is 0 Å². The Bertz CT molecular complexity index is 734. The molecule has 0 atom stereocenters. The van der Waals surface area contributed by atoms with Gasteiger partial charge in [-0.1, -0.05) is 40.2 Å². The van der Waals surface area contributed by atoms with Gasteiger partial charge in [-0.3, -0.25) is 5.10 Å². The molecule has 3 aromatic rings. The zero-order valence-corrected chi connectivity index (χ0v) is 13.2. The summed E-state index contributed by atoms with van der Waals surface area (Å²) >= 11 is 3.45. The zero-order chi connectivity index (χ0) is 14.7. The van der Waals surface area contributed by atoms with E-state index in [1.54, 1.807) is 0 Å². The quantitative estimate of drug-likeness (QED) is 0.748. The van der Waals surface area contributed by atoms with Crippen LogP contribution in [0.3, 0.4) is 0 Å². The molecule has 4 nitrogen and oxygen atoms in total. The lowest BCUT2D eigenvalue weighted by molar-refractivity contribution is 1.04. The van der Waals surface area contributed by atoms with Gasteiger partial charge in [0.1, 0.15) is 5.82 Å². The molecule has 5 heteroatoms. The highest BCUT2D eigenvalue weighted by atomic mass is 79.9. The molecule has 2 N–H and O–H groups in total. The van der Waals surface area contributed by atoms with Crippen LogP contribution in [0.15, 0.2) is 53.0 Å². The summed E-state index contributed by atoms with van der Waals surface area (Å²) in [7, 11) is 0. The molecular weight excluding hydrogens is 328 g/mol. The van der Waals surface area contributed by atoms with E-state index in [1.165, 1.54) is 5.56 Å². The van der Waals surface area contributed by atoms with Crippen molar-refractivity contribution in [2.24, 2.45) is 0 Å². The van der Waals surface area contributed by atoms with Crippen molar-refractivity contribution in [3.05, 3.63) is 64.4 Å². The maximum atomic E-state index is 4.40. The van der Waals surface area contributed by atoms with Crippen molar-refractivity contribution in [1.82, 2.24) is 15.2 Å². The van der Waals surface area contributed by atoms with Crippen LogP contribution in [-0.2, 0) is 6.54 Å². The summed E-state index contributed by atoms with van der Waals surface area (Å²) in [5.41, 5.74) is 3.25. The third-order valence-corrected chi connectivity index (χ3v) is 3.69. The lowest BCUT2D eigenvalue weighted by Gasteiger charge is -2.10. The number of aromatic nitrogens is 3. The van der Waals surface area contributed by atoms with Crippen molar-refractivity contribution >= 4 is 21.6 Å². The number of halogens is 1. The fraction of sp³-hybridized carbons (Fsp3) is 0.125. The second-order valence-electron chi connectivity index (χ2n) is 4.77. The summed E-state index contributed by atoms with van der Waals surface area (Å²) in [6.07, 6.45) is 0. The first-order valence-corrected chi connectivity index (χ1v) is 7.48. The number of hydrogen-bond donors (Lipinski definition) is 2. The highest BCUT2D eigenvalue weighted by Gasteiger charge is 2.08. The molecule has 106 valence electrons. The molecule has 0 aliphatic heterocycles. The molecule has 0 saturated carbocycles. The first kappa shape index (κ1) is 13.8. The molecule has 21 heavy (non-hydrogen) atoms. The number of nitrogens with zero attached hydrogens (tertiary/aromatic N) is 2. The number of benzene rings is 2. The third-order valence-electron chi connectivity index (χ3n) is 3.16. The molecule has 0 aliphatic rings. The summed E-state index contributed by atoms with van der Waals surface area (Å²) in [5, 5.41) is 10.6. The Labute approximate surface area is 131 Å². The number of H-pyrrole nitrogens is 1. The van der Waals surface area contributed by atoms with Crippen LogP contribution in [0.5, 0.6) is 0 Å². The van der Waals surface area contributed by atoms with Gasteiger partial charge in [-0.15, -0.1) is 0 Å². The molecule has 0 bridgehead atoms. The number of hydrogen-bond acceptors (Lipinski definition) is 3. The van der Waals surface area contributed by atoms with Crippen molar-refractivity contribution in [3.8, 4) is 11.4 Å². The van der Waals surface area contributed by atoms with Crippen LogP contribution in [0.25, 0.3) is 11.4 Å². The van der Waals surface area contributed by atoms with E-state index in [0.717, 1.165) is 28.1 Å². The molecule has 0 spiro atoms. The van der Waals surface area contributed by atoms with Gasteiger partial charge >= 0.3 is 0 Å². The lowest BCUT2D eigenvalue weighted by atomic mass is 10.1. The Morgan fingerprint density at radius 3 is 2.57 bits per heavy atom. The lowest BCUT2D eigenvalue weighted by Crippen LogP contribution is -2.01. The number of nitrogens with one attached hydrogen (secondary N) is 2. The van der Waals surface area contributed by atoms with Gasteiger partial charge in [0.2, 0.25) is 0 Å². The third kappa shape index (κ3) is 3.31. The second-order valence-corrected chi connectivity index (χ2v) is 5.69. The molecule has 1 heterocycles. The van der Waals surface area contributed by atoms with Crippen molar-refractivity contribution in [2.45, 2.75) is 13.5 Å². The maximum Gasteiger partial charge on any atom is 0.183 e. The molecule has 0 radical (unpaired) electrons. The second kappa shape index (κ2) is 6.10. The molecule has 1 aromatic heterocycles. The van der Waals surface area contributed by atoms with Gasteiger partial charge in [0.25, 0.3) is 0 Å². The van der Waals surface area contributed by atoms with E-state index < -0.39 is 0 Å². The van der Waals surface area contributed by atoms with E-state index in [2.05, 4.69) is 48.6 Å². The van der Waals surface area contributed by atoms with E-state index in [9.17, 15) is 0 Å². The Morgan fingerprint density at radius 1 is 1.10 bits per heavy atom.